The summed E-state index contributed by atoms with van der Waals surface area (Å²) in [5.74, 6) is -0.304. The van der Waals surface area contributed by atoms with Crippen LogP contribution in [0.1, 0.15) is 31.3 Å². The molecule has 2 heterocycles. The Kier molecular flexibility index (Phi) is 5.14. The Morgan fingerprint density at radius 1 is 1.59 bits per heavy atom. The molecule has 0 saturated carbocycles. The highest BCUT2D eigenvalue weighted by Crippen LogP contribution is 2.28. The lowest BCUT2D eigenvalue weighted by molar-refractivity contribution is 0.0516. The first-order chi connectivity index (χ1) is 8.13. The third-order valence-corrected chi connectivity index (χ3v) is 3.48. The van der Waals surface area contributed by atoms with Gasteiger partial charge in [0, 0.05) is 7.05 Å². The lowest BCUT2D eigenvalue weighted by Gasteiger charge is -2.02. The van der Waals surface area contributed by atoms with E-state index in [1.165, 1.54) is 11.3 Å². The molecule has 94 valence electrons. The molecule has 0 aliphatic heterocycles. The minimum atomic E-state index is -0.304. The number of ether oxygens (including phenoxy) is 1. The van der Waals surface area contributed by atoms with Crippen molar-refractivity contribution in [3.8, 4) is 0 Å². The molecule has 0 aromatic carbocycles. The number of hydrogen-bond donors (Lipinski definition) is 0. The highest BCUT2D eigenvalue weighted by atomic mass is 79.9. The van der Waals surface area contributed by atoms with E-state index < -0.39 is 0 Å². The Hall–Kier alpha value is -0.880. The molecule has 0 radical (unpaired) electrons. The van der Waals surface area contributed by atoms with Crippen molar-refractivity contribution >= 4 is 43.6 Å². The molecule has 2 aromatic rings. The third kappa shape index (κ3) is 2.87. The first-order valence-corrected chi connectivity index (χ1v) is 7.03. The van der Waals surface area contributed by atoms with Crippen LogP contribution in [-0.2, 0) is 11.8 Å². The van der Waals surface area contributed by atoms with Gasteiger partial charge in [-0.1, -0.05) is 13.8 Å². The Bertz CT molecular complexity index is 519. The Balaban J connectivity index is 0.000000686. The highest BCUT2D eigenvalue weighted by Gasteiger charge is 2.16. The van der Waals surface area contributed by atoms with E-state index >= 15 is 0 Å². The van der Waals surface area contributed by atoms with E-state index in [1.807, 2.05) is 13.8 Å². The molecule has 0 aliphatic rings. The van der Waals surface area contributed by atoms with Gasteiger partial charge in [-0.05, 0) is 28.9 Å². The predicted octanol–water partition coefficient (Wildman–Crippen LogP) is 3.60. The van der Waals surface area contributed by atoms with Crippen LogP contribution in [0.5, 0.6) is 0 Å². The summed E-state index contributed by atoms with van der Waals surface area (Å²) in [5.41, 5.74) is 1.34. The molecule has 0 spiro atoms. The molecule has 0 fully saturated rings. The van der Waals surface area contributed by atoms with Crippen molar-refractivity contribution in [3.05, 3.63) is 15.7 Å². The number of carbonyl (C=O) groups excluding carboxylic acids is 1. The molecular weight excluding hydrogens is 304 g/mol. The smallest absolute Gasteiger partial charge is 0.355 e. The van der Waals surface area contributed by atoms with Crippen molar-refractivity contribution in [2.45, 2.75) is 20.8 Å². The summed E-state index contributed by atoms with van der Waals surface area (Å²) in [4.78, 5) is 15.8. The lowest BCUT2D eigenvalue weighted by atomic mass is 10.4. The fourth-order valence-corrected chi connectivity index (χ4v) is 2.82. The molecule has 0 atom stereocenters. The molecule has 17 heavy (non-hydrogen) atoms. The van der Waals surface area contributed by atoms with E-state index in [0.29, 0.717) is 12.3 Å². The quantitative estimate of drug-likeness (QED) is 0.795. The zero-order valence-corrected chi connectivity index (χ0v) is 12.7. The molecule has 0 amide bonds. The van der Waals surface area contributed by atoms with Crippen molar-refractivity contribution in [1.29, 1.82) is 0 Å². The van der Waals surface area contributed by atoms with Gasteiger partial charge in [0.15, 0.2) is 9.56 Å². The van der Waals surface area contributed by atoms with Gasteiger partial charge in [-0.25, -0.2) is 9.78 Å². The molecule has 0 N–H and O–H groups in total. The molecule has 0 saturated heterocycles. The second-order valence-corrected chi connectivity index (χ2v) is 5.27. The number of carbonyl (C=O) groups is 1. The van der Waals surface area contributed by atoms with Crippen LogP contribution in [0.3, 0.4) is 0 Å². The average Bonchev–Trinajstić information content (AvgIpc) is 2.81. The normalized spacial score (nSPS) is 9.94. The third-order valence-electron chi connectivity index (χ3n) is 2.04. The van der Waals surface area contributed by atoms with Crippen molar-refractivity contribution in [1.82, 2.24) is 9.55 Å². The summed E-state index contributed by atoms with van der Waals surface area (Å²) in [5, 5.41) is 0. The van der Waals surface area contributed by atoms with Crippen LogP contribution in [0.2, 0.25) is 0 Å². The molecular formula is C11H15BrN2O2S. The van der Waals surface area contributed by atoms with Crippen molar-refractivity contribution in [3.63, 3.8) is 0 Å². The summed E-state index contributed by atoms with van der Waals surface area (Å²) in [6, 6.07) is 1.80. The molecule has 0 bridgehead atoms. The average molecular weight is 319 g/mol. The zero-order chi connectivity index (χ0) is 13.0. The van der Waals surface area contributed by atoms with Crippen molar-refractivity contribution < 1.29 is 9.53 Å². The van der Waals surface area contributed by atoms with Crippen LogP contribution in [-0.4, -0.2) is 22.1 Å². The van der Waals surface area contributed by atoms with Gasteiger partial charge < -0.3 is 9.30 Å². The van der Waals surface area contributed by atoms with Crippen LogP contribution < -0.4 is 0 Å². The maximum Gasteiger partial charge on any atom is 0.355 e. The summed E-state index contributed by atoms with van der Waals surface area (Å²) in [6.45, 7) is 6.17. The second kappa shape index (κ2) is 6.16. The topological polar surface area (TPSA) is 44.1 Å². The minimum absolute atomic E-state index is 0.304. The number of hydrogen-bond acceptors (Lipinski definition) is 4. The van der Waals surface area contributed by atoms with E-state index in [1.54, 1.807) is 24.6 Å². The number of rotatable bonds is 2. The van der Waals surface area contributed by atoms with Gasteiger partial charge in [-0.2, -0.15) is 0 Å². The first-order valence-electron chi connectivity index (χ1n) is 5.42. The monoisotopic (exact) mass is 318 g/mol. The van der Waals surface area contributed by atoms with Gasteiger partial charge >= 0.3 is 5.97 Å². The summed E-state index contributed by atoms with van der Waals surface area (Å²) in [7, 11) is 1.81. The maximum absolute atomic E-state index is 11.5. The number of halogens is 1. The fraction of sp³-hybridized carbons (Fsp3) is 0.455. The molecule has 0 unspecified atom stereocenters. The summed E-state index contributed by atoms with van der Waals surface area (Å²) < 4.78 is 8.49. The highest BCUT2D eigenvalue weighted by molar-refractivity contribution is 9.11. The summed E-state index contributed by atoms with van der Waals surface area (Å²) >= 11 is 4.81. The predicted molar refractivity (Wildman–Crippen MR) is 73.6 cm³/mol. The zero-order valence-electron chi connectivity index (χ0n) is 10.3. The van der Waals surface area contributed by atoms with E-state index in [9.17, 15) is 4.79 Å². The van der Waals surface area contributed by atoms with Crippen LogP contribution in [0.4, 0.5) is 0 Å². The van der Waals surface area contributed by atoms with E-state index in [2.05, 4.69) is 20.9 Å². The summed E-state index contributed by atoms with van der Waals surface area (Å²) in [6.07, 6.45) is 0. The SMILES string of the molecule is CC.CCOC(=O)c1cc2sc(Br)nc2n1C. The van der Waals surface area contributed by atoms with Gasteiger partial charge in [-0.3, -0.25) is 0 Å². The van der Waals surface area contributed by atoms with Crippen LogP contribution >= 0.6 is 27.3 Å². The van der Waals surface area contributed by atoms with E-state index in [4.69, 9.17) is 4.74 Å². The van der Waals surface area contributed by atoms with Gasteiger partial charge in [0.25, 0.3) is 0 Å². The number of fused-ring (bicyclic) bond motifs is 1. The van der Waals surface area contributed by atoms with Crippen molar-refractivity contribution in [2.75, 3.05) is 6.61 Å². The largest absolute Gasteiger partial charge is 0.461 e. The van der Waals surface area contributed by atoms with Crippen LogP contribution in [0.25, 0.3) is 10.3 Å². The van der Waals surface area contributed by atoms with E-state index in [-0.39, 0.29) is 5.97 Å². The van der Waals surface area contributed by atoms with Gasteiger partial charge in [0.2, 0.25) is 0 Å². The number of esters is 1. The van der Waals surface area contributed by atoms with Gasteiger partial charge in [0.05, 0.1) is 11.3 Å². The Labute approximate surface area is 113 Å². The number of aromatic nitrogens is 2. The Morgan fingerprint density at radius 3 is 2.76 bits per heavy atom. The number of aryl methyl sites for hydroxylation is 1. The second-order valence-electron chi connectivity index (χ2n) is 2.96. The molecule has 0 aliphatic carbocycles. The Morgan fingerprint density at radius 2 is 2.24 bits per heavy atom. The van der Waals surface area contributed by atoms with Gasteiger partial charge in [0.1, 0.15) is 5.69 Å². The fourth-order valence-electron chi connectivity index (χ4n) is 1.37. The molecule has 6 heteroatoms. The molecule has 2 rings (SSSR count). The molecule has 2 aromatic heterocycles. The van der Waals surface area contributed by atoms with E-state index in [0.717, 1.165) is 14.3 Å². The number of nitrogens with zero attached hydrogens (tertiary/aromatic N) is 2. The number of thiazole rings is 1. The maximum atomic E-state index is 11.5. The van der Waals surface area contributed by atoms with Crippen molar-refractivity contribution in [2.24, 2.45) is 7.05 Å². The minimum Gasteiger partial charge on any atom is -0.461 e. The lowest BCUT2D eigenvalue weighted by Crippen LogP contribution is -2.09. The standard InChI is InChI=1S/C9H9BrN2O2S.C2H6/c1-3-14-8(13)5-4-6-7(12(5)2)11-9(10)15-6;1-2/h4H,3H2,1-2H3;1-2H3. The van der Waals surface area contributed by atoms with Gasteiger partial charge in [-0.15, -0.1) is 11.3 Å². The molecule has 4 nitrogen and oxygen atoms in total. The van der Waals surface area contributed by atoms with Crippen LogP contribution in [0.15, 0.2) is 9.98 Å². The first kappa shape index (κ1) is 14.2. The van der Waals surface area contributed by atoms with Crippen LogP contribution in [0, 0.1) is 0 Å².